The Hall–Kier alpha value is -4.00. The van der Waals surface area contributed by atoms with Gasteiger partial charge in [-0.1, -0.05) is 56.7 Å². The third kappa shape index (κ3) is 6.53. The lowest BCUT2D eigenvalue weighted by atomic mass is 9.85. The lowest BCUT2D eigenvalue weighted by Crippen LogP contribution is -2.22. The van der Waals surface area contributed by atoms with Crippen molar-refractivity contribution < 1.29 is 23.8 Å². The summed E-state index contributed by atoms with van der Waals surface area (Å²) in [7, 11) is 2.97. The Morgan fingerprint density at radius 3 is 1.97 bits per heavy atom. The summed E-state index contributed by atoms with van der Waals surface area (Å²) in [5.41, 5.74) is 3.35. The first kappa shape index (κ1) is 25.6. The van der Waals surface area contributed by atoms with Gasteiger partial charge in [-0.3, -0.25) is 9.59 Å². The van der Waals surface area contributed by atoms with E-state index in [0.717, 1.165) is 11.1 Å². The van der Waals surface area contributed by atoms with Gasteiger partial charge in [-0.15, -0.1) is 0 Å². The summed E-state index contributed by atoms with van der Waals surface area (Å²) < 4.78 is 16.8. The molecule has 0 spiro atoms. The summed E-state index contributed by atoms with van der Waals surface area (Å²) in [5.74, 6) is 0.769. The van der Waals surface area contributed by atoms with Crippen molar-refractivity contribution in [1.29, 1.82) is 0 Å². The van der Waals surface area contributed by atoms with Crippen molar-refractivity contribution in [2.45, 2.75) is 33.1 Å². The Kier molecular flexibility index (Phi) is 8.02. The van der Waals surface area contributed by atoms with Crippen LogP contribution in [0.25, 0.3) is 0 Å². The minimum absolute atomic E-state index is 0.131. The summed E-state index contributed by atoms with van der Waals surface area (Å²) in [6, 6.07) is 18.0. The van der Waals surface area contributed by atoms with Gasteiger partial charge in [-0.25, -0.2) is 0 Å². The van der Waals surface area contributed by atoms with Crippen LogP contribution < -0.4 is 24.8 Å². The highest BCUT2D eigenvalue weighted by Gasteiger charge is 2.20. The zero-order valence-corrected chi connectivity index (χ0v) is 21.0. The minimum atomic E-state index is -0.355. The molecule has 0 unspecified atom stereocenters. The number of aryl methyl sites for hydroxylation is 1. The topological polar surface area (TPSA) is 85.9 Å². The van der Waals surface area contributed by atoms with E-state index < -0.39 is 0 Å². The Bertz CT molecular complexity index is 1200. The Balaban J connectivity index is 1.75. The van der Waals surface area contributed by atoms with Crippen LogP contribution in [0.4, 0.5) is 11.4 Å². The second-order valence-corrected chi connectivity index (χ2v) is 9.16. The van der Waals surface area contributed by atoms with E-state index in [1.165, 1.54) is 14.2 Å². The molecule has 0 atom stereocenters. The predicted octanol–water partition coefficient (Wildman–Crippen LogP) is 5.58. The highest BCUT2D eigenvalue weighted by atomic mass is 16.5. The maximum absolute atomic E-state index is 12.7. The largest absolute Gasteiger partial charge is 0.494 e. The highest BCUT2D eigenvalue weighted by Crippen LogP contribution is 2.37. The molecule has 7 nitrogen and oxygen atoms in total. The number of methoxy groups -OCH3 is 2. The average molecular weight is 477 g/mol. The highest BCUT2D eigenvalue weighted by molar-refractivity contribution is 6.05. The average Bonchev–Trinajstić information content (AvgIpc) is 2.83. The third-order valence-electron chi connectivity index (χ3n) is 5.38. The molecule has 0 bridgehead atoms. The molecule has 0 heterocycles. The molecule has 184 valence electrons. The SMILES string of the molecule is COc1cc(NC(=O)c2ccccc2)c(OC)cc1NC(=O)COc1ccc(C)cc1C(C)(C)C. The number of carbonyl (C=O) groups is 2. The molecule has 7 heteroatoms. The van der Waals surface area contributed by atoms with Gasteiger partial charge < -0.3 is 24.8 Å². The lowest BCUT2D eigenvalue weighted by Gasteiger charge is -2.23. The van der Waals surface area contributed by atoms with Crippen LogP contribution in [0, 0.1) is 6.92 Å². The number of ether oxygens (including phenoxy) is 3. The standard InChI is InChI=1S/C28H32N2O5/c1-18-12-13-23(20(14-18)28(2,3)4)35-17-26(31)29-21-15-25(34-6)22(16-24(21)33-5)30-27(32)19-10-8-7-9-11-19/h7-16H,17H2,1-6H3,(H,29,31)(H,30,32). The van der Waals surface area contributed by atoms with Crippen LogP contribution >= 0.6 is 0 Å². The summed E-state index contributed by atoms with van der Waals surface area (Å²) >= 11 is 0. The van der Waals surface area contributed by atoms with Crippen LogP contribution in [0.3, 0.4) is 0 Å². The maximum atomic E-state index is 12.7. The van der Waals surface area contributed by atoms with Gasteiger partial charge in [0.05, 0.1) is 25.6 Å². The van der Waals surface area contributed by atoms with Crippen LogP contribution in [0.5, 0.6) is 17.2 Å². The van der Waals surface area contributed by atoms with Crippen LogP contribution in [0.2, 0.25) is 0 Å². The minimum Gasteiger partial charge on any atom is -0.494 e. The van der Waals surface area contributed by atoms with Crippen LogP contribution in [-0.2, 0) is 10.2 Å². The van der Waals surface area contributed by atoms with Gasteiger partial charge in [0.1, 0.15) is 17.2 Å². The van der Waals surface area contributed by atoms with Crippen LogP contribution in [0.15, 0.2) is 60.7 Å². The molecular formula is C28H32N2O5. The van der Waals surface area contributed by atoms with Gasteiger partial charge in [0.15, 0.2) is 6.61 Å². The zero-order valence-electron chi connectivity index (χ0n) is 21.0. The lowest BCUT2D eigenvalue weighted by molar-refractivity contribution is -0.118. The summed E-state index contributed by atoms with van der Waals surface area (Å²) in [4.78, 5) is 25.3. The molecule has 0 aliphatic carbocycles. The number of anilines is 2. The summed E-state index contributed by atoms with van der Waals surface area (Å²) in [5, 5.41) is 5.63. The molecule has 0 aromatic heterocycles. The molecule has 3 rings (SSSR count). The first-order valence-corrected chi connectivity index (χ1v) is 11.3. The van der Waals surface area contributed by atoms with Crippen LogP contribution in [0.1, 0.15) is 42.3 Å². The van der Waals surface area contributed by atoms with Crippen molar-refractivity contribution in [3.63, 3.8) is 0 Å². The molecule has 0 aliphatic rings. The van der Waals surface area contributed by atoms with Gasteiger partial charge in [0.2, 0.25) is 0 Å². The van der Waals surface area contributed by atoms with Gasteiger partial charge in [-0.2, -0.15) is 0 Å². The van der Waals surface area contributed by atoms with Gasteiger partial charge in [0.25, 0.3) is 11.8 Å². The maximum Gasteiger partial charge on any atom is 0.262 e. The molecule has 3 aromatic carbocycles. The zero-order chi connectivity index (χ0) is 25.6. The van der Waals surface area contributed by atoms with E-state index in [1.54, 1.807) is 36.4 Å². The van der Waals surface area contributed by atoms with Crippen molar-refractivity contribution >= 4 is 23.2 Å². The Morgan fingerprint density at radius 1 is 0.800 bits per heavy atom. The normalized spacial score (nSPS) is 10.9. The fourth-order valence-electron chi connectivity index (χ4n) is 3.56. The second-order valence-electron chi connectivity index (χ2n) is 9.16. The van der Waals surface area contributed by atoms with E-state index in [9.17, 15) is 9.59 Å². The smallest absolute Gasteiger partial charge is 0.262 e. The number of hydrogen-bond donors (Lipinski definition) is 2. The second kappa shape index (κ2) is 11.0. The Morgan fingerprint density at radius 2 is 1.40 bits per heavy atom. The molecule has 0 radical (unpaired) electrons. The molecule has 0 aliphatic heterocycles. The van der Waals surface area contributed by atoms with Crippen LogP contribution in [-0.4, -0.2) is 32.6 Å². The summed E-state index contributed by atoms with van der Waals surface area (Å²) in [6.07, 6.45) is 0. The molecule has 0 fully saturated rings. The monoisotopic (exact) mass is 476 g/mol. The molecule has 0 saturated heterocycles. The first-order valence-electron chi connectivity index (χ1n) is 11.3. The van der Waals surface area contributed by atoms with Crippen molar-refractivity contribution in [3.8, 4) is 17.2 Å². The number of carbonyl (C=O) groups excluding carboxylic acids is 2. The number of hydrogen-bond acceptors (Lipinski definition) is 5. The van der Waals surface area contributed by atoms with Crippen molar-refractivity contribution in [3.05, 3.63) is 77.4 Å². The summed E-state index contributed by atoms with van der Waals surface area (Å²) in [6.45, 7) is 8.15. The van der Waals surface area contributed by atoms with E-state index >= 15 is 0 Å². The molecule has 0 saturated carbocycles. The quantitative estimate of drug-likeness (QED) is 0.443. The fourth-order valence-corrected chi connectivity index (χ4v) is 3.56. The molecule has 2 amide bonds. The first-order chi connectivity index (χ1) is 16.6. The predicted molar refractivity (Wildman–Crippen MR) is 138 cm³/mol. The number of rotatable bonds is 8. The van der Waals surface area contributed by atoms with E-state index in [2.05, 4.69) is 37.5 Å². The fraction of sp³-hybridized carbons (Fsp3) is 0.286. The number of benzene rings is 3. The van der Waals surface area contributed by atoms with Gasteiger partial charge in [0, 0.05) is 17.7 Å². The van der Waals surface area contributed by atoms with Crippen molar-refractivity contribution in [2.75, 3.05) is 31.5 Å². The van der Waals surface area contributed by atoms with E-state index in [0.29, 0.717) is 34.2 Å². The third-order valence-corrected chi connectivity index (χ3v) is 5.38. The van der Waals surface area contributed by atoms with E-state index in [4.69, 9.17) is 14.2 Å². The van der Waals surface area contributed by atoms with Gasteiger partial charge in [-0.05, 0) is 36.1 Å². The van der Waals surface area contributed by atoms with E-state index in [-0.39, 0.29) is 23.8 Å². The Labute approximate surface area is 206 Å². The molecular weight excluding hydrogens is 444 g/mol. The molecule has 35 heavy (non-hydrogen) atoms. The number of amides is 2. The van der Waals surface area contributed by atoms with Crippen molar-refractivity contribution in [1.82, 2.24) is 0 Å². The number of nitrogens with one attached hydrogen (secondary N) is 2. The van der Waals surface area contributed by atoms with Crippen molar-refractivity contribution in [2.24, 2.45) is 0 Å². The molecule has 2 N–H and O–H groups in total. The van der Waals surface area contributed by atoms with Gasteiger partial charge >= 0.3 is 0 Å². The molecule has 3 aromatic rings. The van der Waals surface area contributed by atoms with E-state index in [1.807, 2.05) is 25.1 Å².